The van der Waals surface area contributed by atoms with Crippen molar-refractivity contribution in [2.45, 2.75) is 164 Å². The van der Waals surface area contributed by atoms with Crippen LogP contribution >= 0.6 is 0 Å². The summed E-state index contributed by atoms with van der Waals surface area (Å²) < 4.78 is 13.2. The first-order valence-electron chi connectivity index (χ1n) is 27.3. The summed E-state index contributed by atoms with van der Waals surface area (Å²) in [5.74, 6) is 10.5. The number of hydrogen-bond acceptors (Lipinski definition) is 10. The number of likely N-dealkylation sites (tertiary alicyclic amines) is 2. The standard InChI is InChI=1S/C58H78N8O8/c1-35(61-3)55(69)63-51(57(71)65-27-15-25-45(65)53(59)67)41-21-13-19-39(31-41)49-43-23-9-7-17-37(43)33-47(49)73-29-11-5-6-12-30-74-48-34-38-18-8-10-24-44(38)50(48)40-20-14-22-42(32-40)52(64-56(70)36(2)62-4)58(72)66-28-16-26-46(66)54(60)68/h7-10,17-18,23-24,35-36,39-42,45-52,61-62H,13-16,19-22,25-34H2,1-4H3,(H2,59,67)(H2,60,68)(H,63,69)(H,64,70)/t35-,36-,39?,40?,41?,42?,45-,46-,47+,48+,49-,50-,51-,52-/m0/s1. The Morgan fingerprint density at radius 1 is 0.595 bits per heavy atom. The molecule has 0 radical (unpaired) electrons. The topological polar surface area (TPSA) is 228 Å². The predicted molar refractivity (Wildman–Crippen MR) is 280 cm³/mol. The molecule has 2 saturated carbocycles. The van der Waals surface area contributed by atoms with Crippen molar-refractivity contribution in [2.24, 2.45) is 35.1 Å². The lowest BCUT2D eigenvalue weighted by molar-refractivity contribution is -0.142. The van der Waals surface area contributed by atoms with E-state index in [1.165, 1.54) is 22.3 Å². The molecule has 2 saturated heterocycles. The zero-order valence-electron chi connectivity index (χ0n) is 43.7. The van der Waals surface area contributed by atoms with Gasteiger partial charge in [0.15, 0.2) is 0 Å². The molecule has 2 heterocycles. The van der Waals surface area contributed by atoms with Gasteiger partial charge < -0.3 is 52.0 Å². The van der Waals surface area contributed by atoms with Crippen LogP contribution < -0.4 is 32.7 Å². The minimum atomic E-state index is -0.776. The lowest BCUT2D eigenvalue weighted by atomic mass is 9.70. The first-order chi connectivity index (χ1) is 35.8. The first-order valence-corrected chi connectivity index (χ1v) is 27.3. The monoisotopic (exact) mass is 1010 g/mol. The highest BCUT2D eigenvalue weighted by atomic mass is 16.5. The summed E-state index contributed by atoms with van der Waals surface area (Å²) >= 11 is 0. The van der Waals surface area contributed by atoms with Gasteiger partial charge in [0.25, 0.3) is 0 Å². The van der Waals surface area contributed by atoms with Gasteiger partial charge in [0.2, 0.25) is 35.4 Å². The molecule has 4 fully saturated rings. The van der Waals surface area contributed by atoms with Gasteiger partial charge in [-0.25, -0.2) is 0 Å². The fourth-order valence-electron chi connectivity index (χ4n) is 13.5. The van der Waals surface area contributed by atoms with Gasteiger partial charge in [0, 0.05) is 24.9 Å². The van der Waals surface area contributed by atoms with E-state index < -0.39 is 48.1 Å². The molecule has 6 amide bonds. The van der Waals surface area contributed by atoms with Crippen LogP contribution in [-0.4, -0.2) is 134 Å². The van der Waals surface area contributed by atoms with Gasteiger partial charge in [0.05, 0.1) is 24.3 Å². The van der Waals surface area contributed by atoms with Gasteiger partial charge >= 0.3 is 0 Å². The number of likely N-dealkylation sites (N-methyl/N-ethyl adjacent to an activating group) is 2. The summed E-state index contributed by atoms with van der Waals surface area (Å²) in [5.41, 5.74) is 16.5. The largest absolute Gasteiger partial charge is 0.368 e. The molecule has 6 aliphatic rings. The van der Waals surface area contributed by atoms with Crippen molar-refractivity contribution in [3.05, 3.63) is 70.8 Å². The molecule has 2 aliphatic heterocycles. The molecule has 2 aromatic carbocycles. The number of fused-ring (bicyclic) bond motifs is 2. The third-order valence-corrected chi connectivity index (χ3v) is 17.4. The fraction of sp³-hybridized carbons (Fsp3) is 0.621. The lowest BCUT2D eigenvalue weighted by Crippen LogP contribution is -2.58. The van der Waals surface area contributed by atoms with E-state index in [9.17, 15) is 28.8 Å². The normalized spacial score (nSPS) is 28.8. The number of nitrogens with two attached hydrogens (primary N) is 2. The third kappa shape index (κ3) is 12.3. The van der Waals surface area contributed by atoms with E-state index in [1.807, 2.05) is 0 Å². The molecular formula is C58H78N8O8. The van der Waals surface area contributed by atoms with E-state index in [0.717, 1.165) is 64.2 Å². The van der Waals surface area contributed by atoms with Crippen molar-refractivity contribution in [1.29, 1.82) is 0 Å². The summed E-state index contributed by atoms with van der Waals surface area (Å²) in [7, 11) is 3.43. The quantitative estimate of drug-likeness (QED) is 0.120. The van der Waals surface area contributed by atoms with Crippen LogP contribution in [0.15, 0.2) is 48.5 Å². The second-order valence-electron chi connectivity index (χ2n) is 21.7. The molecule has 14 atom stereocenters. The van der Waals surface area contributed by atoms with E-state index in [4.69, 9.17) is 20.9 Å². The molecule has 8 N–H and O–H groups in total. The van der Waals surface area contributed by atoms with Crippen LogP contribution in [0.25, 0.3) is 0 Å². The SMILES string of the molecule is CN[C@@H](C)C(=O)N[C@H](C(=O)N1CCC[C@H]1C(N)=O)C1CCCC([C@H]2c3ccccc3C[C@H]2OCC#CC#CCO[C@@H]2Cc3ccccc3[C@@H]2C2CCCC([C@H](NC(=O)[C@H](C)NC)C(=O)N3CCC[C@H]3C(N)=O)C2)C1. The van der Waals surface area contributed by atoms with Crippen molar-refractivity contribution < 1.29 is 38.2 Å². The van der Waals surface area contributed by atoms with Crippen LogP contribution in [0.3, 0.4) is 0 Å². The highest BCUT2D eigenvalue weighted by Crippen LogP contribution is 2.49. The molecule has 0 bridgehead atoms. The molecule has 74 heavy (non-hydrogen) atoms. The van der Waals surface area contributed by atoms with Crippen LogP contribution in [0.2, 0.25) is 0 Å². The second kappa shape index (κ2) is 25.2. The Hall–Kier alpha value is -5.78. The molecule has 398 valence electrons. The maximum Gasteiger partial charge on any atom is 0.246 e. The van der Waals surface area contributed by atoms with Crippen molar-refractivity contribution in [3.63, 3.8) is 0 Å². The summed E-state index contributed by atoms with van der Waals surface area (Å²) in [5, 5.41) is 12.2. The van der Waals surface area contributed by atoms with Crippen molar-refractivity contribution in [1.82, 2.24) is 31.1 Å². The molecule has 2 aromatic rings. The molecular weight excluding hydrogens is 937 g/mol. The Kier molecular flexibility index (Phi) is 18.5. The third-order valence-electron chi connectivity index (χ3n) is 17.4. The number of carbonyl (C=O) groups excluding carboxylic acids is 6. The van der Waals surface area contributed by atoms with Crippen LogP contribution in [-0.2, 0) is 51.1 Å². The van der Waals surface area contributed by atoms with Crippen LogP contribution in [0.1, 0.15) is 125 Å². The van der Waals surface area contributed by atoms with Crippen LogP contribution in [0.4, 0.5) is 0 Å². The zero-order chi connectivity index (χ0) is 52.5. The fourth-order valence-corrected chi connectivity index (χ4v) is 13.5. The van der Waals surface area contributed by atoms with Gasteiger partial charge in [-0.2, -0.15) is 0 Å². The van der Waals surface area contributed by atoms with Crippen molar-refractivity contribution in [3.8, 4) is 23.7 Å². The Morgan fingerprint density at radius 3 is 1.39 bits per heavy atom. The van der Waals surface area contributed by atoms with Crippen molar-refractivity contribution in [2.75, 3.05) is 40.4 Å². The second-order valence-corrected chi connectivity index (χ2v) is 21.7. The van der Waals surface area contributed by atoms with Crippen molar-refractivity contribution >= 4 is 35.4 Å². The minimum Gasteiger partial charge on any atom is -0.368 e. The number of amides is 6. The van der Waals surface area contributed by atoms with E-state index in [2.05, 4.69) is 93.5 Å². The van der Waals surface area contributed by atoms with Gasteiger partial charge in [-0.1, -0.05) is 73.2 Å². The van der Waals surface area contributed by atoms with E-state index in [-0.39, 0.29) is 84.6 Å². The summed E-state index contributed by atoms with van der Waals surface area (Å²) in [6.07, 6.45) is 10.4. The van der Waals surface area contributed by atoms with E-state index >= 15 is 0 Å². The molecule has 16 heteroatoms. The Balaban J connectivity index is 0.905. The minimum absolute atomic E-state index is 0.0810. The molecule has 0 spiro atoms. The highest BCUT2D eigenvalue weighted by molar-refractivity contribution is 5.94. The maximum absolute atomic E-state index is 14.3. The molecule has 4 aliphatic carbocycles. The smallest absolute Gasteiger partial charge is 0.246 e. The number of nitrogens with zero attached hydrogens (tertiary/aromatic N) is 2. The molecule has 16 nitrogen and oxygen atoms in total. The Labute approximate surface area is 437 Å². The number of nitrogens with one attached hydrogen (secondary N) is 4. The Morgan fingerprint density at radius 2 is 1.00 bits per heavy atom. The van der Waals surface area contributed by atoms with Gasteiger partial charge in [-0.05, 0) is 163 Å². The van der Waals surface area contributed by atoms with Gasteiger partial charge in [0.1, 0.15) is 37.4 Å². The highest BCUT2D eigenvalue weighted by Gasteiger charge is 2.47. The van der Waals surface area contributed by atoms with E-state index in [1.54, 1.807) is 37.7 Å². The average Bonchev–Trinajstić information content (AvgIpc) is 4.25. The average molecular weight is 1020 g/mol. The van der Waals surface area contributed by atoms with E-state index in [0.29, 0.717) is 38.8 Å². The number of primary amides is 2. The summed E-state index contributed by atoms with van der Waals surface area (Å²) in [4.78, 5) is 83.3. The van der Waals surface area contributed by atoms with Crippen LogP contribution in [0.5, 0.6) is 0 Å². The zero-order valence-corrected chi connectivity index (χ0v) is 43.7. The maximum atomic E-state index is 14.3. The van der Waals surface area contributed by atoms with Gasteiger partial charge in [-0.15, -0.1) is 0 Å². The Bertz CT molecular complexity index is 2330. The van der Waals surface area contributed by atoms with Crippen LogP contribution in [0, 0.1) is 47.4 Å². The molecule has 4 unspecified atom stereocenters. The number of ether oxygens (including phenoxy) is 2. The summed E-state index contributed by atoms with van der Waals surface area (Å²) in [6, 6.07) is 13.1. The number of carbonyl (C=O) groups is 6. The lowest BCUT2D eigenvalue weighted by Gasteiger charge is -2.40. The first kappa shape index (κ1) is 54.5. The predicted octanol–water partition coefficient (Wildman–Crippen LogP) is 3.19. The van der Waals surface area contributed by atoms with Gasteiger partial charge in [-0.3, -0.25) is 28.8 Å². The molecule has 0 aromatic heterocycles. The number of hydrogen-bond donors (Lipinski definition) is 6. The number of benzene rings is 2. The molecule has 8 rings (SSSR count). The summed E-state index contributed by atoms with van der Waals surface area (Å²) in [6.45, 7) is 4.80. The number of rotatable bonds is 18.